The molecule has 2 aliphatic rings. The molecule has 2 aromatic carbocycles. The van der Waals surface area contributed by atoms with Crippen LogP contribution in [0.25, 0.3) is 22.0 Å². The van der Waals surface area contributed by atoms with Crippen molar-refractivity contribution < 1.29 is 18.4 Å². The van der Waals surface area contributed by atoms with E-state index < -0.39 is 48.8 Å². The lowest BCUT2D eigenvalue weighted by Crippen LogP contribution is -2.43. The number of anilines is 1. The number of aromatic nitrogens is 1. The van der Waals surface area contributed by atoms with Gasteiger partial charge in [-0.05, 0) is 53.8 Å². The molecule has 0 saturated carbocycles. The smallest absolute Gasteiger partial charge is 0.268 e. The van der Waals surface area contributed by atoms with Gasteiger partial charge in [0.25, 0.3) is 11.8 Å². The Hall–Kier alpha value is -4.26. The number of carbonyl (C=O) groups excluding carboxylic acids is 2. The van der Waals surface area contributed by atoms with Crippen molar-refractivity contribution in [3.8, 4) is 17.2 Å². The van der Waals surface area contributed by atoms with E-state index in [0.29, 0.717) is 10.9 Å². The second kappa shape index (κ2) is 9.32. The molecule has 0 unspecified atom stereocenters. The molecule has 0 bridgehead atoms. The van der Waals surface area contributed by atoms with Crippen LogP contribution in [0, 0.1) is 11.3 Å². The molecule has 1 saturated heterocycles. The van der Waals surface area contributed by atoms with Crippen LogP contribution in [0.2, 0.25) is 0 Å². The lowest BCUT2D eigenvalue weighted by molar-refractivity contribution is -0.131. The third-order valence-electron chi connectivity index (χ3n) is 6.99. The lowest BCUT2D eigenvalue weighted by atomic mass is 9.95. The molecule has 8 nitrogen and oxygen atoms in total. The van der Waals surface area contributed by atoms with Crippen LogP contribution in [0.4, 0.5) is 14.5 Å². The normalized spacial score (nSPS) is 18.4. The van der Waals surface area contributed by atoms with Crippen molar-refractivity contribution in [2.24, 2.45) is 0 Å². The first-order valence-corrected chi connectivity index (χ1v) is 12.0. The topological polar surface area (TPSA) is 109 Å². The average Bonchev–Trinajstić information content (AvgIpc) is 3.20. The standard InChI is InChI=1S/C27H25F2N5O3/c1-33-8-2-3-18-9-16(5-7-23(18)33)17-4-6-22-20(10-17)21(11-24(35)32-22)26(37)31-14-25(36)34-15-27(28,29)12-19(34)13-30/h4-7,9-11,19H,2-3,8,12,14-15H2,1H3,(H,31,37)(H,32,35)/t19-/m0/s1. The minimum absolute atomic E-state index is 0.0645. The Balaban J connectivity index is 1.41. The largest absolute Gasteiger partial charge is 0.374 e. The quantitative estimate of drug-likeness (QED) is 0.567. The number of aromatic amines is 1. The molecule has 10 heteroatoms. The highest BCUT2D eigenvalue weighted by Crippen LogP contribution is 2.33. The molecule has 37 heavy (non-hydrogen) atoms. The molecule has 5 rings (SSSR count). The Morgan fingerprint density at radius 1 is 1.19 bits per heavy atom. The molecule has 3 aromatic rings. The van der Waals surface area contributed by atoms with E-state index in [1.54, 1.807) is 12.1 Å². The van der Waals surface area contributed by atoms with E-state index in [2.05, 4.69) is 34.4 Å². The van der Waals surface area contributed by atoms with Crippen molar-refractivity contribution in [2.75, 3.05) is 31.6 Å². The fourth-order valence-electron chi connectivity index (χ4n) is 5.13. The minimum Gasteiger partial charge on any atom is -0.374 e. The minimum atomic E-state index is -3.15. The number of alkyl halides is 2. The Labute approximate surface area is 211 Å². The van der Waals surface area contributed by atoms with Crippen molar-refractivity contribution >= 4 is 28.4 Å². The lowest BCUT2D eigenvalue weighted by Gasteiger charge is -2.27. The molecule has 0 aliphatic carbocycles. The zero-order chi connectivity index (χ0) is 26.3. The molecule has 2 N–H and O–H groups in total. The van der Waals surface area contributed by atoms with E-state index in [4.69, 9.17) is 5.26 Å². The first-order valence-electron chi connectivity index (χ1n) is 12.0. The first-order chi connectivity index (χ1) is 17.6. The predicted octanol–water partition coefficient (Wildman–Crippen LogP) is 3.07. The summed E-state index contributed by atoms with van der Waals surface area (Å²) in [5.74, 6) is -4.62. The number of benzene rings is 2. The van der Waals surface area contributed by atoms with Crippen LogP contribution >= 0.6 is 0 Å². The number of aryl methyl sites for hydroxylation is 1. The highest BCUT2D eigenvalue weighted by atomic mass is 19.3. The number of nitrogens with one attached hydrogen (secondary N) is 2. The van der Waals surface area contributed by atoms with Crippen molar-refractivity contribution in [1.82, 2.24) is 15.2 Å². The van der Waals surface area contributed by atoms with E-state index in [0.717, 1.165) is 41.5 Å². The number of nitrogens with zero attached hydrogens (tertiary/aromatic N) is 3. The summed E-state index contributed by atoms with van der Waals surface area (Å²) >= 11 is 0. The van der Waals surface area contributed by atoms with Gasteiger partial charge in [-0.1, -0.05) is 12.1 Å². The molecule has 0 radical (unpaired) electrons. The van der Waals surface area contributed by atoms with E-state index >= 15 is 0 Å². The Bertz CT molecular complexity index is 1510. The van der Waals surface area contributed by atoms with E-state index in [1.165, 1.54) is 11.3 Å². The summed E-state index contributed by atoms with van der Waals surface area (Å²) in [6.07, 6.45) is 1.31. The fraction of sp³-hybridized carbons (Fsp3) is 0.333. The molecule has 1 fully saturated rings. The van der Waals surface area contributed by atoms with Crippen molar-refractivity contribution in [1.29, 1.82) is 5.26 Å². The van der Waals surface area contributed by atoms with E-state index in [-0.39, 0.29) is 5.56 Å². The average molecular weight is 506 g/mol. The van der Waals surface area contributed by atoms with Gasteiger partial charge in [-0.3, -0.25) is 14.4 Å². The highest BCUT2D eigenvalue weighted by Gasteiger charge is 2.47. The van der Waals surface area contributed by atoms with Gasteiger partial charge in [0.05, 0.1) is 24.7 Å². The van der Waals surface area contributed by atoms with Gasteiger partial charge >= 0.3 is 0 Å². The number of halogens is 2. The third kappa shape index (κ3) is 4.77. The second-order valence-corrected chi connectivity index (χ2v) is 9.59. The summed E-state index contributed by atoms with van der Waals surface area (Å²) in [6.45, 7) is -0.429. The number of H-pyrrole nitrogens is 1. The SMILES string of the molecule is CN1CCCc2cc(-c3ccc4[nH]c(=O)cc(C(=O)NCC(=O)N5CC(F)(F)C[C@H]5C#N)c4c3)ccc21. The summed E-state index contributed by atoms with van der Waals surface area (Å²) in [5.41, 5.74) is 4.30. The maximum atomic E-state index is 13.7. The number of pyridine rings is 1. The molecular weight excluding hydrogens is 480 g/mol. The second-order valence-electron chi connectivity index (χ2n) is 9.59. The number of nitriles is 1. The fourth-order valence-corrected chi connectivity index (χ4v) is 5.13. The van der Waals surface area contributed by atoms with E-state index in [9.17, 15) is 23.2 Å². The summed E-state index contributed by atoms with van der Waals surface area (Å²) in [7, 11) is 2.06. The Morgan fingerprint density at radius 2 is 1.95 bits per heavy atom. The third-order valence-corrected chi connectivity index (χ3v) is 6.99. The molecular formula is C27H25F2N5O3. The number of carbonyl (C=O) groups is 2. The summed E-state index contributed by atoms with van der Waals surface area (Å²) < 4.78 is 27.4. The molecule has 190 valence electrons. The zero-order valence-corrected chi connectivity index (χ0v) is 20.2. The number of hydrogen-bond donors (Lipinski definition) is 2. The molecule has 2 amide bonds. The van der Waals surface area contributed by atoms with Crippen molar-refractivity contribution in [2.45, 2.75) is 31.2 Å². The van der Waals surface area contributed by atoms with Crippen LogP contribution in [-0.2, 0) is 11.2 Å². The molecule has 0 spiro atoms. The first kappa shape index (κ1) is 24.4. The van der Waals surface area contributed by atoms with Gasteiger partial charge in [-0.25, -0.2) is 8.78 Å². The number of rotatable bonds is 4. The van der Waals surface area contributed by atoms with Crippen LogP contribution < -0.4 is 15.8 Å². The van der Waals surface area contributed by atoms with Crippen LogP contribution in [0.5, 0.6) is 0 Å². The monoisotopic (exact) mass is 505 g/mol. The Morgan fingerprint density at radius 3 is 2.73 bits per heavy atom. The van der Waals surface area contributed by atoms with Gasteiger partial charge in [-0.15, -0.1) is 0 Å². The molecule has 1 aromatic heterocycles. The van der Waals surface area contributed by atoms with Crippen LogP contribution in [0.3, 0.4) is 0 Å². The maximum absolute atomic E-state index is 13.7. The summed E-state index contributed by atoms with van der Waals surface area (Å²) in [5, 5.41) is 12.0. The van der Waals surface area contributed by atoms with E-state index in [1.807, 2.05) is 18.2 Å². The number of fused-ring (bicyclic) bond motifs is 2. The van der Waals surface area contributed by atoms with Gasteiger partial charge in [0.15, 0.2) is 0 Å². The van der Waals surface area contributed by atoms with Crippen molar-refractivity contribution in [3.63, 3.8) is 0 Å². The number of amides is 2. The number of likely N-dealkylation sites (tertiary alicyclic amines) is 1. The maximum Gasteiger partial charge on any atom is 0.268 e. The molecule has 1 atom stereocenters. The van der Waals surface area contributed by atoms with Gasteiger partial charge in [0.2, 0.25) is 11.5 Å². The summed E-state index contributed by atoms with van der Waals surface area (Å²) in [6, 6.07) is 13.2. The Kier molecular flexibility index (Phi) is 6.15. The van der Waals surface area contributed by atoms with Gasteiger partial charge in [-0.2, -0.15) is 5.26 Å². The van der Waals surface area contributed by atoms with Crippen molar-refractivity contribution in [3.05, 3.63) is 63.9 Å². The zero-order valence-electron chi connectivity index (χ0n) is 20.2. The van der Waals surface area contributed by atoms with Gasteiger partial charge < -0.3 is 20.1 Å². The van der Waals surface area contributed by atoms with Gasteiger partial charge in [0.1, 0.15) is 6.04 Å². The highest BCUT2D eigenvalue weighted by molar-refractivity contribution is 6.07. The van der Waals surface area contributed by atoms with Crippen LogP contribution in [-0.4, -0.2) is 60.3 Å². The van der Waals surface area contributed by atoms with Gasteiger partial charge in [0, 0.05) is 42.7 Å². The van der Waals surface area contributed by atoms with Crippen LogP contribution in [0.1, 0.15) is 28.8 Å². The molecule has 2 aliphatic heterocycles. The van der Waals surface area contributed by atoms with Crippen LogP contribution in [0.15, 0.2) is 47.3 Å². The molecule has 3 heterocycles. The predicted molar refractivity (Wildman–Crippen MR) is 135 cm³/mol. The summed E-state index contributed by atoms with van der Waals surface area (Å²) in [4.78, 5) is 43.5. The number of hydrogen-bond acceptors (Lipinski definition) is 5.